The molecule has 1 aliphatic heterocycles. The van der Waals surface area contributed by atoms with Gasteiger partial charge in [-0.3, -0.25) is 0 Å². The second-order valence-corrected chi connectivity index (χ2v) is 6.39. The van der Waals surface area contributed by atoms with E-state index in [1.807, 2.05) is 6.07 Å². The molecule has 2 aliphatic rings. The molecule has 1 aromatic carbocycles. The SMILES string of the molecule is Cc1cc(Cl)c(OCC2CC2)c(CC2CCCN2)c1. The van der Waals surface area contributed by atoms with Crippen LogP contribution in [0.3, 0.4) is 0 Å². The number of halogens is 1. The van der Waals surface area contributed by atoms with Crippen molar-refractivity contribution in [1.82, 2.24) is 5.32 Å². The zero-order chi connectivity index (χ0) is 13.2. The lowest BCUT2D eigenvalue weighted by Crippen LogP contribution is -2.24. The largest absolute Gasteiger partial charge is 0.491 e. The minimum atomic E-state index is 0.584. The number of benzene rings is 1. The van der Waals surface area contributed by atoms with Crippen LogP contribution in [0.1, 0.15) is 36.8 Å². The Morgan fingerprint density at radius 3 is 2.84 bits per heavy atom. The maximum atomic E-state index is 6.38. The fraction of sp³-hybridized carbons (Fsp3) is 0.625. The molecule has 1 aromatic rings. The second-order valence-electron chi connectivity index (χ2n) is 5.99. The van der Waals surface area contributed by atoms with E-state index in [0.29, 0.717) is 6.04 Å². The van der Waals surface area contributed by atoms with Gasteiger partial charge in [-0.25, -0.2) is 0 Å². The Hall–Kier alpha value is -0.730. The quantitative estimate of drug-likeness (QED) is 0.887. The molecular formula is C16H22ClNO. The fourth-order valence-electron chi connectivity index (χ4n) is 2.80. The van der Waals surface area contributed by atoms with Crippen molar-refractivity contribution in [2.75, 3.05) is 13.2 Å². The molecule has 2 fully saturated rings. The molecule has 104 valence electrons. The van der Waals surface area contributed by atoms with Gasteiger partial charge in [0.2, 0.25) is 0 Å². The summed E-state index contributed by atoms with van der Waals surface area (Å²) in [5.74, 6) is 1.68. The van der Waals surface area contributed by atoms with Crippen molar-refractivity contribution in [2.45, 2.75) is 45.1 Å². The van der Waals surface area contributed by atoms with Gasteiger partial charge in [0.05, 0.1) is 11.6 Å². The topological polar surface area (TPSA) is 21.3 Å². The van der Waals surface area contributed by atoms with Crippen LogP contribution in [0.15, 0.2) is 12.1 Å². The standard InChI is InChI=1S/C16H22ClNO/c1-11-7-13(9-14-3-2-6-18-14)16(15(17)8-11)19-10-12-4-5-12/h7-8,12,14,18H,2-6,9-10H2,1H3. The summed E-state index contributed by atoms with van der Waals surface area (Å²) in [5.41, 5.74) is 2.49. The molecule has 0 aromatic heterocycles. The van der Waals surface area contributed by atoms with Crippen molar-refractivity contribution >= 4 is 11.6 Å². The molecule has 0 amide bonds. The van der Waals surface area contributed by atoms with E-state index in [1.165, 1.54) is 36.8 Å². The molecule has 1 saturated carbocycles. The van der Waals surface area contributed by atoms with E-state index in [9.17, 15) is 0 Å². The minimum Gasteiger partial charge on any atom is -0.491 e. The third-order valence-electron chi connectivity index (χ3n) is 4.05. The smallest absolute Gasteiger partial charge is 0.141 e. The number of aryl methyl sites for hydroxylation is 1. The maximum absolute atomic E-state index is 6.38. The average molecular weight is 280 g/mol. The Labute approximate surface area is 120 Å². The van der Waals surface area contributed by atoms with Crippen LogP contribution < -0.4 is 10.1 Å². The first-order valence-electron chi connectivity index (χ1n) is 7.37. The van der Waals surface area contributed by atoms with Crippen LogP contribution in [0.2, 0.25) is 5.02 Å². The Kier molecular flexibility index (Phi) is 3.99. The van der Waals surface area contributed by atoms with Gasteiger partial charge in [0, 0.05) is 6.04 Å². The van der Waals surface area contributed by atoms with Gasteiger partial charge in [-0.2, -0.15) is 0 Å². The van der Waals surface area contributed by atoms with Gasteiger partial charge >= 0.3 is 0 Å². The molecule has 1 atom stereocenters. The van der Waals surface area contributed by atoms with Crippen molar-refractivity contribution in [3.8, 4) is 5.75 Å². The summed E-state index contributed by atoms with van der Waals surface area (Å²) in [7, 11) is 0. The third-order valence-corrected chi connectivity index (χ3v) is 4.33. The zero-order valence-corrected chi connectivity index (χ0v) is 12.3. The van der Waals surface area contributed by atoms with Gasteiger partial charge in [-0.15, -0.1) is 0 Å². The number of hydrogen-bond donors (Lipinski definition) is 1. The van der Waals surface area contributed by atoms with Crippen LogP contribution in [-0.2, 0) is 6.42 Å². The summed E-state index contributed by atoms with van der Waals surface area (Å²) in [4.78, 5) is 0. The normalized spacial score (nSPS) is 22.7. The summed E-state index contributed by atoms with van der Waals surface area (Å²) in [6.45, 7) is 4.07. The molecule has 1 heterocycles. The molecule has 1 N–H and O–H groups in total. The number of hydrogen-bond acceptors (Lipinski definition) is 2. The Balaban J connectivity index is 1.77. The van der Waals surface area contributed by atoms with E-state index in [0.717, 1.165) is 36.3 Å². The highest BCUT2D eigenvalue weighted by atomic mass is 35.5. The van der Waals surface area contributed by atoms with Gasteiger partial charge < -0.3 is 10.1 Å². The fourth-order valence-corrected chi connectivity index (χ4v) is 3.14. The van der Waals surface area contributed by atoms with Crippen LogP contribution in [0.5, 0.6) is 5.75 Å². The Morgan fingerprint density at radius 2 is 2.16 bits per heavy atom. The lowest BCUT2D eigenvalue weighted by atomic mass is 10.0. The van der Waals surface area contributed by atoms with E-state index in [4.69, 9.17) is 16.3 Å². The van der Waals surface area contributed by atoms with E-state index in [-0.39, 0.29) is 0 Å². The van der Waals surface area contributed by atoms with Crippen molar-refractivity contribution in [2.24, 2.45) is 5.92 Å². The summed E-state index contributed by atoms with van der Waals surface area (Å²) < 4.78 is 6.00. The monoisotopic (exact) mass is 279 g/mol. The predicted molar refractivity (Wildman–Crippen MR) is 79.1 cm³/mol. The van der Waals surface area contributed by atoms with Gasteiger partial charge in [0.1, 0.15) is 5.75 Å². The van der Waals surface area contributed by atoms with Crippen LogP contribution in [-0.4, -0.2) is 19.2 Å². The van der Waals surface area contributed by atoms with E-state index < -0.39 is 0 Å². The third kappa shape index (κ3) is 3.43. The number of nitrogens with one attached hydrogen (secondary N) is 1. The van der Waals surface area contributed by atoms with Crippen LogP contribution >= 0.6 is 11.6 Å². The van der Waals surface area contributed by atoms with E-state index in [2.05, 4.69) is 18.3 Å². The van der Waals surface area contributed by atoms with Gasteiger partial charge in [0.15, 0.2) is 0 Å². The molecule has 3 heteroatoms. The molecule has 1 aliphatic carbocycles. The summed E-state index contributed by atoms with van der Waals surface area (Å²) >= 11 is 6.38. The van der Waals surface area contributed by atoms with Crippen LogP contribution in [0, 0.1) is 12.8 Å². The van der Waals surface area contributed by atoms with E-state index in [1.54, 1.807) is 0 Å². The zero-order valence-electron chi connectivity index (χ0n) is 11.5. The summed E-state index contributed by atoms with van der Waals surface area (Å²) in [6, 6.07) is 4.82. The molecule has 1 unspecified atom stereocenters. The maximum Gasteiger partial charge on any atom is 0.141 e. The number of rotatable bonds is 5. The first kappa shape index (κ1) is 13.3. The molecule has 2 nitrogen and oxygen atoms in total. The van der Waals surface area contributed by atoms with Gasteiger partial charge in [-0.05, 0) is 68.7 Å². The Morgan fingerprint density at radius 1 is 1.32 bits per heavy atom. The first-order valence-corrected chi connectivity index (χ1v) is 7.75. The van der Waals surface area contributed by atoms with Crippen molar-refractivity contribution < 1.29 is 4.74 Å². The average Bonchev–Trinajstić information content (AvgIpc) is 3.04. The summed E-state index contributed by atoms with van der Waals surface area (Å²) in [5, 5.41) is 4.32. The van der Waals surface area contributed by atoms with E-state index >= 15 is 0 Å². The molecule has 19 heavy (non-hydrogen) atoms. The first-order chi connectivity index (χ1) is 9.22. The van der Waals surface area contributed by atoms with Crippen LogP contribution in [0.25, 0.3) is 0 Å². The lowest BCUT2D eigenvalue weighted by Gasteiger charge is -2.17. The van der Waals surface area contributed by atoms with Gasteiger partial charge in [0.25, 0.3) is 0 Å². The highest BCUT2D eigenvalue weighted by molar-refractivity contribution is 6.32. The Bertz CT molecular complexity index is 450. The number of ether oxygens (including phenoxy) is 1. The van der Waals surface area contributed by atoms with Gasteiger partial charge in [-0.1, -0.05) is 17.7 Å². The van der Waals surface area contributed by atoms with Crippen molar-refractivity contribution in [1.29, 1.82) is 0 Å². The van der Waals surface area contributed by atoms with Crippen molar-refractivity contribution in [3.05, 3.63) is 28.3 Å². The van der Waals surface area contributed by atoms with Crippen molar-refractivity contribution in [3.63, 3.8) is 0 Å². The molecule has 1 saturated heterocycles. The predicted octanol–water partition coefficient (Wildman–Crippen LogP) is 3.73. The summed E-state index contributed by atoms with van der Waals surface area (Å²) in [6.07, 6.45) is 6.18. The van der Waals surface area contributed by atoms with Crippen LogP contribution in [0.4, 0.5) is 0 Å². The highest BCUT2D eigenvalue weighted by Crippen LogP contribution is 2.35. The molecule has 3 rings (SSSR count). The molecule has 0 bridgehead atoms. The molecule has 0 spiro atoms. The second kappa shape index (κ2) is 5.72. The molecular weight excluding hydrogens is 258 g/mol. The molecule has 0 radical (unpaired) electrons. The lowest BCUT2D eigenvalue weighted by molar-refractivity contribution is 0.296. The highest BCUT2D eigenvalue weighted by Gasteiger charge is 2.24. The minimum absolute atomic E-state index is 0.584.